The van der Waals surface area contributed by atoms with Crippen LogP contribution in [-0.4, -0.2) is 40.3 Å². The van der Waals surface area contributed by atoms with E-state index in [1.165, 1.54) is 0 Å². The van der Waals surface area contributed by atoms with Crippen molar-refractivity contribution in [1.29, 1.82) is 0 Å². The number of fused-ring (bicyclic) bond motifs is 4. The number of ether oxygens (including phenoxy) is 4. The Labute approximate surface area is 198 Å². The van der Waals surface area contributed by atoms with E-state index in [1.54, 1.807) is 0 Å². The Morgan fingerprint density at radius 2 is 1.91 bits per heavy atom. The van der Waals surface area contributed by atoms with Crippen molar-refractivity contribution in [1.82, 2.24) is 14.5 Å². The maximum absolute atomic E-state index is 6.06. The molecule has 0 radical (unpaired) electrons. The summed E-state index contributed by atoms with van der Waals surface area (Å²) in [5.41, 5.74) is 4.92. The third kappa shape index (κ3) is 3.18. The molecule has 2 atom stereocenters. The number of nitrogens with zero attached hydrogens (tertiary/aromatic N) is 3. The second-order valence-electron chi connectivity index (χ2n) is 9.56. The van der Waals surface area contributed by atoms with Crippen LogP contribution < -0.4 is 9.47 Å². The van der Waals surface area contributed by atoms with E-state index in [0.29, 0.717) is 25.0 Å². The van der Waals surface area contributed by atoms with Gasteiger partial charge >= 0.3 is 0 Å². The molecular weight excluding hydrogens is 430 g/mol. The van der Waals surface area contributed by atoms with Crippen LogP contribution in [0.25, 0.3) is 22.6 Å². The van der Waals surface area contributed by atoms with Gasteiger partial charge in [-0.3, -0.25) is 4.98 Å². The summed E-state index contributed by atoms with van der Waals surface area (Å²) < 4.78 is 25.8. The number of aromatic nitrogens is 3. The van der Waals surface area contributed by atoms with Crippen molar-refractivity contribution in [3.05, 3.63) is 60.1 Å². The van der Waals surface area contributed by atoms with Crippen LogP contribution in [0.15, 0.2) is 48.6 Å². The van der Waals surface area contributed by atoms with Crippen molar-refractivity contribution in [3.8, 4) is 34.1 Å². The Hall–Kier alpha value is -3.16. The quantitative estimate of drug-likeness (QED) is 0.513. The van der Waals surface area contributed by atoms with Crippen LogP contribution in [0.4, 0.5) is 0 Å². The van der Waals surface area contributed by atoms with Crippen LogP contribution in [0.1, 0.15) is 36.7 Å². The maximum atomic E-state index is 6.06. The fourth-order valence-corrected chi connectivity index (χ4v) is 5.94. The van der Waals surface area contributed by atoms with E-state index < -0.39 is 5.79 Å². The third-order valence-corrected chi connectivity index (χ3v) is 7.49. The summed E-state index contributed by atoms with van der Waals surface area (Å²) in [7, 11) is 0. The van der Waals surface area contributed by atoms with Crippen molar-refractivity contribution in [2.45, 2.75) is 44.4 Å². The van der Waals surface area contributed by atoms with E-state index in [4.69, 9.17) is 28.9 Å². The maximum Gasteiger partial charge on any atom is 0.231 e. The minimum absolute atomic E-state index is 0.258. The average molecular weight is 458 g/mol. The number of aryl methyl sites for hydroxylation is 1. The zero-order valence-corrected chi connectivity index (χ0v) is 19.2. The van der Waals surface area contributed by atoms with Crippen molar-refractivity contribution < 1.29 is 18.9 Å². The first-order valence-corrected chi connectivity index (χ1v) is 12.1. The molecule has 1 unspecified atom stereocenters. The predicted octanol–water partition coefficient (Wildman–Crippen LogP) is 4.85. The summed E-state index contributed by atoms with van der Waals surface area (Å²) >= 11 is 0. The van der Waals surface area contributed by atoms with Gasteiger partial charge in [-0.25, -0.2) is 4.98 Å². The first kappa shape index (κ1) is 20.2. The van der Waals surface area contributed by atoms with E-state index in [2.05, 4.69) is 34.9 Å². The highest BCUT2D eigenvalue weighted by molar-refractivity contribution is 5.79. The van der Waals surface area contributed by atoms with Gasteiger partial charge in [0.25, 0.3) is 0 Å². The van der Waals surface area contributed by atoms with Gasteiger partial charge in [0, 0.05) is 36.6 Å². The second kappa shape index (κ2) is 7.68. The molecule has 3 aliphatic heterocycles. The molecule has 34 heavy (non-hydrogen) atoms. The fraction of sp³-hybridized carbons (Fsp3) is 0.407. The summed E-state index contributed by atoms with van der Waals surface area (Å²) in [5, 5.41) is 0. The molecule has 1 saturated heterocycles. The van der Waals surface area contributed by atoms with Crippen LogP contribution in [0.2, 0.25) is 0 Å². The molecule has 0 N–H and O–H groups in total. The summed E-state index contributed by atoms with van der Waals surface area (Å²) in [6, 6.07) is 12.3. The molecule has 7 nitrogen and oxygen atoms in total. The number of hydrogen-bond acceptors (Lipinski definition) is 6. The Balaban J connectivity index is 1.38. The zero-order valence-electron chi connectivity index (χ0n) is 19.2. The number of hydrogen-bond donors (Lipinski definition) is 0. The summed E-state index contributed by atoms with van der Waals surface area (Å²) in [6.07, 6.45) is 7.37. The van der Waals surface area contributed by atoms with Gasteiger partial charge in [-0.05, 0) is 49.6 Å². The standard InChI is InChI=1S/C27H27N3O4/c1-17-4-2-6-21(28-17)24-25(18-7-8-22-23(14-18)32-16-31-22)30-11-3-5-19-15-27(33-12-13-34-27)10-9-20(19)26(30)29-24/h2-8,14,19-20H,9-13,15-16H2,1H3/t19-,20?/m0/s1. The predicted molar refractivity (Wildman–Crippen MR) is 126 cm³/mol. The van der Waals surface area contributed by atoms with Crippen molar-refractivity contribution in [3.63, 3.8) is 0 Å². The minimum atomic E-state index is -0.422. The highest BCUT2D eigenvalue weighted by atomic mass is 16.7. The molecule has 1 saturated carbocycles. The Bertz CT molecular complexity index is 1290. The van der Waals surface area contributed by atoms with Gasteiger partial charge < -0.3 is 23.5 Å². The third-order valence-electron chi connectivity index (χ3n) is 7.49. The summed E-state index contributed by atoms with van der Waals surface area (Å²) in [5.74, 6) is 2.89. The topological polar surface area (TPSA) is 67.6 Å². The molecule has 4 aliphatic rings. The fourth-order valence-electron chi connectivity index (χ4n) is 5.94. The molecule has 1 aliphatic carbocycles. The molecule has 2 aromatic heterocycles. The van der Waals surface area contributed by atoms with Gasteiger partial charge in [0.2, 0.25) is 6.79 Å². The number of pyridine rings is 1. The molecule has 1 spiro atoms. The number of allylic oxidation sites excluding steroid dienone is 2. The molecule has 7 heteroatoms. The molecular formula is C27H27N3O4. The van der Waals surface area contributed by atoms with Gasteiger partial charge in [0.05, 0.1) is 24.6 Å². The first-order valence-electron chi connectivity index (χ1n) is 12.1. The molecule has 1 aromatic carbocycles. The van der Waals surface area contributed by atoms with Gasteiger partial charge in [-0.2, -0.15) is 0 Å². The first-order chi connectivity index (χ1) is 16.7. The van der Waals surface area contributed by atoms with E-state index >= 15 is 0 Å². The lowest BCUT2D eigenvalue weighted by Gasteiger charge is -2.39. The van der Waals surface area contributed by atoms with Gasteiger partial charge in [-0.1, -0.05) is 18.2 Å². The largest absolute Gasteiger partial charge is 0.454 e. The van der Waals surface area contributed by atoms with Crippen molar-refractivity contribution >= 4 is 0 Å². The number of rotatable bonds is 2. The van der Waals surface area contributed by atoms with Crippen LogP contribution >= 0.6 is 0 Å². The molecule has 5 heterocycles. The lowest BCUT2D eigenvalue weighted by atomic mass is 9.75. The van der Waals surface area contributed by atoms with E-state index in [-0.39, 0.29) is 6.79 Å². The highest BCUT2D eigenvalue weighted by Gasteiger charge is 2.46. The minimum Gasteiger partial charge on any atom is -0.454 e. The molecule has 0 bridgehead atoms. The van der Waals surface area contributed by atoms with Crippen LogP contribution in [0, 0.1) is 12.8 Å². The lowest BCUT2D eigenvalue weighted by molar-refractivity contribution is -0.186. The van der Waals surface area contributed by atoms with Crippen LogP contribution in [-0.2, 0) is 16.0 Å². The normalized spacial score (nSPS) is 24.1. The molecule has 2 fully saturated rings. The van der Waals surface area contributed by atoms with Gasteiger partial charge in [0.1, 0.15) is 11.5 Å². The Morgan fingerprint density at radius 1 is 1.03 bits per heavy atom. The average Bonchev–Trinajstić information content (AvgIpc) is 3.56. The smallest absolute Gasteiger partial charge is 0.231 e. The second-order valence-corrected chi connectivity index (χ2v) is 9.56. The number of imidazole rings is 1. The van der Waals surface area contributed by atoms with Gasteiger partial charge in [-0.15, -0.1) is 0 Å². The van der Waals surface area contributed by atoms with E-state index in [1.807, 2.05) is 25.1 Å². The summed E-state index contributed by atoms with van der Waals surface area (Å²) in [4.78, 5) is 10.1. The Morgan fingerprint density at radius 3 is 2.79 bits per heavy atom. The van der Waals surface area contributed by atoms with E-state index in [9.17, 15) is 0 Å². The molecule has 3 aromatic rings. The Kier molecular flexibility index (Phi) is 4.57. The molecule has 0 amide bonds. The summed E-state index contributed by atoms with van der Waals surface area (Å²) in [6.45, 7) is 4.42. The van der Waals surface area contributed by atoms with Crippen molar-refractivity contribution in [2.75, 3.05) is 20.0 Å². The highest BCUT2D eigenvalue weighted by Crippen LogP contribution is 2.49. The van der Waals surface area contributed by atoms with E-state index in [0.717, 1.165) is 71.5 Å². The monoisotopic (exact) mass is 457 g/mol. The number of benzene rings is 1. The van der Waals surface area contributed by atoms with Crippen molar-refractivity contribution in [2.24, 2.45) is 5.92 Å². The molecule has 7 rings (SSSR count). The van der Waals surface area contributed by atoms with Gasteiger partial charge in [0.15, 0.2) is 17.3 Å². The van der Waals surface area contributed by atoms with Crippen LogP contribution in [0.3, 0.4) is 0 Å². The SMILES string of the molecule is Cc1cccc(-c2nc3n(c2-c2ccc4c(c2)OCO4)CC=C[C@H]2CC4(CCC32)OCCO4)n1. The molecule has 174 valence electrons. The zero-order chi connectivity index (χ0) is 22.7. The lowest BCUT2D eigenvalue weighted by Crippen LogP contribution is -2.39. The van der Waals surface area contributed by atoms with Crippen LogP contribution in [0.5, 0.6) is 11.5 Å².